The number of hydrogen-bond donors (Lipinski definition) is 1. The van der Waals surface area contributed by atoms with Crippen LogP contribution in [0.25, 0.3) is 0 Å². The van der Waals surface area contributed by atoms with E-state index in [0.29, 0.717) is 0 Å². The van der Waals surface area contributed by atoms with Crippen molar-refractivity contribution in [2.24, 2.45) is 0 Å². The van der Waals surface area contributed by atoms with Gasteiger partial charge in [0.15, 0.2) is 5.13 Å². The fraction of sp³-hybridized carbons (Fsp3) is 0.786. The Hall–Kier alpha value is -0.650. The molecule has 3 rings (SSSR count). The fourth-order valence-corrected chi connectivity index (χ4v) is 3.51. The zero-order chi connectivity index (χ0) is 13.2. The van der Waals surface area contributed by atoms with Gasteiger partial charge in [-0.25, -0.2) is 4.98 Å². The summed E-state index contributed by atoms with van der Waals surface area (Å²) in [5.41, 5.74) is 1.21. The van der Waals surface area contributed by atoms with Crippen molar-refractivity contribution >= 4 is 16.5 Å². The van der Waals surface area contributed by atoms with Crippen LogP contribution in [0.5, 0.6) is 0 Å². The number of anilines is 1. The van der Waals surface area contributed by atoms with Crippen LogP contribution < -0.4 is 10.2 Å². The molecule has 1 N–H and O–H groups in total. The molecule has 1 saturated carbocycles. The first-order valence-corrected chi connectivity index (χ1v) is 8.19. The third kappa shape index (κ3) is 3.46. The van der Waals surface area contributed by atoms with Gasteiger partial charge in [0.1, 0.15) is 0 Å². The number of hydrogen-bond acceptors (Lipinski definition) is 5. The second-order valence-electron chi connectivity index (χ2n) is 5.96. The lowest BCUT2D eigenvalue weighted by Gasteiger charge is -2.35. The van der Waals surface area contributed by atoms with Crippen molar-refractivity contribution in [1.82, 2.24) is 15.2 Å². The molecule has 5 heteroatoms. The molecule has 106 valence electrons. The zero-order valence-corrected chi connectivity index (χ0v) is 12.7. The van der Waals surface area contributed by atoms with Gasteiger partial charge in [-0.3, -0.25) is 0 Å². The lowest BCUT2D eigenvalue weighted by atomic mass is 10.0. The van der Waals surface area contributed by atoms with Crippen LogP contribution in [0.15, 0.2) is 5.38 Å². The highest BCUT2D eigenvalue weighted by atomic mass is 32.1. The summed E-state index contributed by atoms with van der Waals surface area (Å²) in [6.45, 7) is 3.23. The lowest BCUT2D eigenvalue weighted by Crippen LogP contribution is -2.41. The Morgan fingerprint density at radius 2 is 2.05 bits per heavy atom. The van der Waals surface area contributed by atoms with E-state index in [1.165, 1.54) is 36.5 Å². The standard InChI is InChI=1S/C14H24N4S/c1-17(2)13-5-7-18(8-6-13)14-16-12(10-19-14)9-15-11-3-4-11/h10-11,13,15H,3-9H2,1-2H3. The SMILES string of the molecule is CN(C)C1CCN(c2nc(CNC3CC3)cs2)CC1. The molecule has 0 atom stereocenters. The van der Waals surface area contributed by atoms with Crippen molar-refractivity contribution < 1.29 is 0 Å². The molecule has 0 aromatic carbocycles. The molecular weight excluding hydrogens is 256 g/mol. The van der Waals surface area contributed by atoms with Gasteiger partial charge in [0.2, 0.25) is 0 Å². The number of thiazole rings is 1. The van der Waals surface area contributed by atoms with Crippen LogP contribution in [0.4, 0.5) is 5.13 Å². The minimum absolute atomic E-state index is 0.743. The Morgan fingerprint density at radius 3 is 2.68 bits per heavy atom. The molecule has 1 aliphatic carbocycles. The molecule has 19 heavy (non-hydrogen) atoms. The molecule has 1 aromatic rings. The molecule has 1 aliphatic heterocycles. The van der Waals surface area contributed by atoms with Crippen molar-refractivity contribution in [3.8, 4) is 0 Å². The average molecular weight is 280 g/mol. The number of aromatic nitrogens is 1. The van der Waals surface area contributed by atoms with E-state index in [1.807, 2.05) is 0 Å². The third-order valence-electron chi connectivity index (χ3n) is 4.15. The molecule has 0 bridgehead atoms. The second kappa shape index (κ2) is 5.77. The predicted octanol–water partition coefficient (Wildman–Crippen LogP) is 1.93. The average Bonchev–Trinajstić information content (AvgIpc) is 3.13. The number of rotatable bonds is 5. The minimum Gasteiger partial charge on any atom is -0.348 e. The van der Waals surface area contributed by atoms with Gasteiger partial charge in [0.25, 0.3) is 0 Å². The number of nitrogens with one attached hydrogen (secondary N) is 1. The molecule has 0 radical (unpaired) electrons. The van der Waals surface area contributed by atoms with Gasteiger partial charge >= 0.3 is 0 Å². The maximum Gasteiger partial charge on any atom is 0.185 e. The predicted molar refractivity (Wildman–Crippen MR) is 80.9 cm³/mol. The molecule has 4 nitrogen and oxygen atoms in total. The van der Waals surface area contributed by atoms with E-state index in [9.17, 15) is 0 Å². The van der Waals surface area contributed by atoms with Crippen LogP contribution in [0.3, 0.4) is 0 Å². The number of nitrogens with zero attached hydrogens (tertiary/aromatic N) is 3. The molecule has 2 aliphatic rings. The Bertz CT molecular complexity index is 405. The zero-order valence-electron chi connectivity index (χ0n) is 11.9. The maximum atomic E-state index is 4.77. The van der Waals surface area contributed by atoms with Gasteiger partial charge < -0.3 is 15.1 Å². The monoisotopic (exact) mass is 280 g/mol. The molecule has 0 amide bonds. The van der Waals surface area contributed by atoms with Crippen LogP contribution in [-0.2, 0) is 6.54 Å². The van der Waals surface area contributed by atoms with Crippen molar-refractivity contribution in [2.75, 3.05) is 32.1 Å². The van der Waals surface area contributed by atoms with Gasteiger partial charge in [-0.1, -0.05) is 0 Å². The highest BCUT2D eigenvalue weighted by molar-refractivity contribution is 7.13. The molecule has 2 fully saturated rings. The van der Waals surface area contributed by atoms with E-state index >= 15 is 0 Å². The molecular formula is C14H24N4S. The summed E-state index contributed by atoms with van der Waals surface area (Å²) >= 11 is 1.80. The highest BCUT2D eigenvalue weighted by Crippen LogP contribution is 2.26. The Balaban J connectivity index is 1.51. The third-order valence-corrected chi connectivity index (χ3v) is 5.10. The summed E-state index contributed by atoms with van der Waals surface area (Å²) in [5.74, 6) is 0. The Kier molecular flexibility index (Phi) is 4.05. The molecule has 1 aromatic heterocycles. The first kappa shape index (κ1) is 13.3. The van der Waals surface area contributed by atoms with Gasteiger partial charge in [0.05, 0.1) is 5.69 Å². The first-order chi connectivity index (χ1) is 9.22. The van der Waals surface area contributed by atoms with Gasteiger partial charge in [-0.15, -0.1) is 11.3 Å². The van der Waals surface area contributed by atoms with Crippen molar-refractivity contribution in [3.05, 3.63) is 11.1 Å². The second-order valence-corrected chi connectivity index (χ2v) is 6.79. The van der Waals surface area contributed by atoms with E-state index < -0.39 is 0 Å². The van der Waals surface area contributed by atoms with Gasteiger partial charge in [-0.05, 0) is 39.8 Å². The fourth-order valence-electron chi connectivity index (χ4n) is 2.63. The van der Waals surface area contributed by atoms with Crippen LogP contribution in [-0.4, -0.2) is 49.2 Å². The smallest absolute Gasteiger partial charge is 0.185 e. The quantitative estimate of drug-likeness (QED) is 0.893. The maximum absolute atomic E-state index is 4.77. The Morgan fingerprint density at radius 1 is 1.32 bits per heavy atom. The van der Waals surface area contributed by atoms with Gasteiger partial charge in [0, 0.05) is 37.1 Å². The van der Waals surface area contributed by atoms with Crippen LogP contribution >= 0.6 is 11.3 Å². The van der Waals surface area contributed by atoms with E-state index in [0.717, 1.165) is 31.7 Å². The van der Waals surface area contributed by atoms with Crippen LogP contribution in [0.2, 0.25) is 0 Å². The van der Waals surface area contributed by atoms with Crippen LogP contribution in [0.1, 0.15) is 31.4 Å². The molecule has 0 unspecified atom stereocenters. The van der Waals surface area contributed by atoms with Crippen molar-refractivity contribution in [1.29, 1.82) is 0 Å². The normalized spacial score (nSPS) is 21.3. The summed E-state index contributed by atoms with van der Waals surface area (Å²) in [6.07, 6.45) is 5.19. The van der Waals surface area contributed by atoms with E-state index in [4.69, 9.17) is 4.98 Å². The van der Waals surface area contributed by atoms with Crippen molar-refractivity contribution in [2.45, 2.75) is 44.3 Å². The van der Waals surface area contributed by atoms with Gasteiger partial charge in [-0.2, -0.15) is 0 Å². The first-order valence-electron chi connectivity index (χ1n) is 7.31. The largest absolute Gasteiger partial charge is 0.348 e. The lowest BCUT2D eigenvalue weighted by molar-refractivity contribution is 0.249. The topological polar surface area (TPSA) is 31.4 Å². The summed E-state index contributed by atoms with van der Waals surface area (Å²) in [5, 5.41) is 6.95. The summed E-state index contributed by atoms with van der Waals surface area (Å²) in [6, 6.07) is 1.51. The van der Waals surface area contributed by atoms with Crippen LogP contribution in [0, 0.1) is 0 Å². The van der Waals surface area contributed by atoms with Crippen molar-refractivity contribution in [3.63, 3.8) is 0 Å². The molecule has 0 spiro atoms. The number of piperidine rings is 1. The highest BCUT2D eigenvalue weighted by Gasteiger charge is 2.23. The summed E-state index contributed by atoms with van der Waals surface area (Å²) in [4.78, 5) is 9.57. The molecule has 2 heterocycles. The van der Waals surface area contributed by atoms with E-state index in [1.54, 1.807) is 11.3 Å². The van der Waals surface area contributed by atoms with E-state index in [-0.39, 0.29) is 0 Å². The summed E-state index contributed by atoms with van der Waals surface area (Å²) < 4.78 is 0. The Labute approximate surface area is 119 Å². The minimum atomic E-state index is 0.743. The summed E-state index contributed by atoms with van der Waals surface area (Å²) in [7, 11) is 4.37. The van der Waals surface area contributed by atoms with E-state index in [2.05, 4.69) is 34.6 Å². The molecule has 1 saturated heterocycles.